The second kappa shape index (κ2) is 10.8. The van der Waals surface area contributed by atoms with E-state index in [1.54, 1.807) is 36.1 Å². The first kappa shape index (κ1) is 26.1. The second-order valence-corrected chi connectivity index (χ2v) is 10.9. The molecule has 0 aromatic heterocycles. The fraction of sp³-hybridized carbons (Fsp3) is 0.609. The first-order valence-electron chi connectivity index (χ1n) is 11.5. The molecule has 0 aliphatic carbocycles. The largest absolute Gasteiger partial charge is 0.464 e. The number of hydrogen-bond donors (Lipinski definition) is 1. The number of nitrogens with zero attached hydrogens (tertiary/aromatic N) is 2. The lowest BCUT2D eigenvalue weighted by Crippen LogP contribution is -2.56. The Labute approximate surface area is 200 Å². The number of nitrogens with one attached hydrogen (secondary N) is 1. The summed E-state index contributed by atoms with van der Waals surface area (Å²) in [6.45, 7) is 8.40. The molecule has 0 spiro atoms. The number of amides is 2. The zero-order chi connectivity index (χ0) is 25.0. The molecule has 2 amide bonds. The van der Waals surface area contributed by atoms with Crippen molar-refractivity contribution in [2.24, 2.45) is 5.92 Å². The van der Waals surface area contributed by atoms with Crippen LogP contribution in [0.2, 0.25) is 0 Å². The highest BCUT2D eigenvalue weighted by molar-refractivity contribution is 7.89. The van der Waals surface area contributed by atoms with Gasteiger partial charge in [0.2, 0.25) is 15.9 Å². The van der Waals surface area contributed by atoms with Crippen molar-refractivity contribution in [3.8, 4) is 0 Å². The van der Waals surface area contributed by atoms with Crippen LogP contribution in [0.1, 0.15) is 32.8 Å². The minimum absolute atomic E-state index is 0.124. The van der Waals surface area contributed by atoms with Gasteiger partial charge in [0.25, 0.3) is 5.91 Å². The van der Waals surface area contributed by atoms with Crippen molar-refractivity contribution in [1.82, 2.24) is 14.5 Å². The lowest BCUT2D eigenvalue weighted by atomic mass is 10.0. The molecule has 3 rings (SSSR count). The van der Waals surface area contributed by atoms with Gasteiger partial charge in [-0.2, -0.15) is 4.31 Å². The number of sulfonamides is 1. The zero-order valence-electron chi connectivity index (χ0n) is 20.0. The van der Waals surface area contributed by atoms with Crippen molar-refractivity contribution in [2.45, 2.75) is 57.3 Å². The number of carbonyl (C=O) groups excluding carboxylic acids is 3. The topological polar surface area (TPSA) is 126 Å². The van der Waals surface area contributed by atoms with Gasteiger partial charge in [-0.3, -0.25) is 9.59 Å². The van der Waals surface area contributed by atoms with Gasteiger partial charge >= 0.3 is 5.97 Å². The van der Waals surface area contributed by atoms with Gasteiger partial charge < -0.3 is 19.7 Å². The standard InChI is InChI=1S/C23H33N3O7S/c1-5-32-23(29)20-19(33-20)21(27)24-18(14-15(2)3)22(28)25-10-12-26(13-11-25)34(30,31)17-8-6-16(4)7-9-17/h6-9,15,18-20H,5,10-14H2,1-4H3,(H,24,27)/t18?,19-,20-/m0/s1. The van der Waals surface area contributed by atoms with Crippen molar-refractivity contribution in [3.05, 3.63) is 29.8 Å². The van der Waals surface area contributed by atoms with Crippen LogP contribution < -0.4 is 5.32 Å². The molecule has 1 unspecified atom stereocenters. The Morgan fingerprint density at radius 3 is 2.26 bits per heavy atom. The third kappa shape index (κ3) is 6.13. The summed E-state index contributed by atoms with van der Waals surface area (Å²) >= 11 is 0. The van der Waals surface area contributed by atoms with Crippen LogP contribution in [0.4, 0.5) is 0 Å². The number of benzene rings is 1. The molecule has 11 heteroatoms. The van der Waals surface area contributed by atoms with Gasteiger partial charge in [0.05, 0.1) is 11.5 Å². The lowest BCUT2D eigenvalue weighted by Gasteiger charge is -2.36. The van der Waals surface area contributed by atoms with E-state index in [4.69, 9.17) is 9.47 Å². The van der Waals surface area contributed by atoms with Crippen LogP contribution in [0.3, 0.4) is 0 Å². The van der Waals surface area contributed by atoms with Crippen molar-refractivity contribution in [1.29, 1.82) is 0 Å². The molecule has 1 N–H and O–H groups in total. The zero-order valence-corrected chi connectivity index (χ0v) is 20.8. The summed E-state index contributed by atoms with van der Waals surface area (Å²) in [4.78, 5) is 39.3. The van der Waals surface area contributed by atoms with E-state index in [0.717, 1.165) is 5.56 Å². The Bertz CT molecular complexity index is 1000. The van der Waals surface area contributed by atoms with Crippen LogP contribution in [0.5, 0.6) is 0 Å². The molecule has 0 radical (unpaired) electrons. The SMILES string of the molecule is CCOC(=O)[C@H]1O[C@@H]1C(=O)NC(CC(C)C)C(=O)N1CCN(S(=O)(=O)c2ccc(C)cc2)CC1. The van der Waals surface area contributed by atoms with Gasteiger partial charge in [-0.1, -0.05) is 31.5 Å². The van der Waals surface area contributed by atoms with Crippen molar-refractivity contribution in [2.75, 3.05) is 32.8 Å². The number of aryl methyl sites for hydroxylation is 1. The molecule has 34 heavy (non-hydrogen) atoms. The van der Waals surface area contributed by atoms with Crippen molar-refractivity contribution >= 4 is 27.8 Å². The van der Waals surface area contributed by atoms with E-state index in [1.165, 1.54) is 4.31 Å². The Balaban J connectivity index is 1.60. The van der Waals surface area contributed by atoms with Gasteiger partial charge in [0.15, 0.2) is 12.2 Å². The molecular weight excluding hydrogens is 462 g/mol. The van der Waals surface area contributed by atoms with Crippen molar-refractivity contribution < 1.29 is 32.3 Å². The maximum absolute atomic E-state index is 13.2. The van der Waals surface area contributed by atoms with Gasteiger partial charge in [-0.15, -0.1) is 0 Å². The Hall–Kier alpha value is -2.50. The third-order valence-corrected chi connectivity index (χ3v) is 7.71. The number of ether oxygens (including phenoxy) is 2. The van der Waals surface area contributed by atoms with Gasteiger partial charge in [-0.05, 0) is 38.3 Å². The molecule has 10 nitrogen and oxygen atoms in total. The van der Waals surface area contributed by atoms with Gasteiger partial charge in [-0.25, -0.2) is 13.2 Å². The summed E-state index contributed by atoms with van der Waals surface area (Å²) in [6.07, 6.45) is -1.49. The first-order valence-corrected chi connectivity index (χ1v) is 13.0. The molecule has 1 aromatic carbocycles. The Kier molecular flexibility index (Phi) is 8.32. The van der Waals surface area contributed by atoms with E-state index < -0.39 is 40.1 Å². The van der Waals surface area contributed by atoms with Gasteiger partial charge in [0.1, 0.15) is 6.04 Å². The molecule has 0 bridgehead atoms. The highest BCUT2D eigenvalue weighted by Crippen LogP contribution is 2.24. The van der Waals surface area contributed by atoms with Crippen LogP contribution in [-0.2, 0) is 33.9 Å². The summed E-state index contributed by atoms with van der Waals surface area (Å²) in [5.74, 6) is -1.28. The van der Waals surface area contributed by atoms with E-state index in [-0.39, 0.29) is 49.5 Å². The van der Waals surface area contributed by atoms with Crippen LogP contribution in [-0.4, -0.2) is 86.4 Å². The summed E-state index contributed by atoms with van der Waals surface area (Å²) < 4.78 is 37.2. The molecule has 188 valence electrons. The first-order chi connectivity index (χ1) is 16.0. The highest BCUT2D eigenvalue weighted by atomic mass is 32.2. The number of epoxide rings is 1. The predicted molar refractivity (Wildman–Crippen MR) is 123 cm³/mol. The maximum atomic E-state index is 13.2. The molecule has 1 aromatic rings. The minimum atomic E-state index is -3.64. The highest BCUT2D eigenvalue weighted by Gasteiger charge is 2.52. The third-order valence-electron chi connectivity index (χ3n) is 5.80. The summed E-state index contributed by atoms with van der Waals surface area (Å²) in [5, 5.41) is 2.71. The fourth-order valence-corrected chi connectivity index (χ4v) is 5.31. The number of piperazine rings is 1. The molecule has 2 fully saturated rings. The summed E-state index contributed by atoms with van der Waals surface area (Å²) in [5.41, 5.74) is 0.970. The lowest BCUT2D eigenvalue weighted by molar-refractivity contribution is -0.144. The quantitative estimate of drug-likeness (QED) is 0.395. The number of esters is 1. The Morgan fingerprint density at radius 2 is 1.71 bits per heavy atom. The second-order valence-electron chi connectivity index (χ2n) is 8.96. The number of rotatable bonds is 9. The minimum Gasteiger partial charge on any atom is -0.464 e. The molecule has 2 aliphatic rings. The van der Waals surface area contributed by atoms with E-state index in [0.29, 0.717) is 6.42 Å². The molecule has 2 aliphatic heterocycles. The van der Waals surface area contributed by atoms with E-state index in [1.807, 2.05) is 20.8 Å². The van der Waals surface area contributed by atoms with E-state index >= 15 is 0 Å². The predicted octanol–water partition coefficient (Wildman–Crippen LogP) is 0.689. The van der Waals surface area contributed by atoms with Crippen LogP contribution >= 0.6 is 0 Å². The normalized spacial score (nSPS) is 21.7. The monoisotopic (exact) mass is 495 g/mol. The molecular formula is C23H33N3O7S. The molecule has 2 heterocycles. The maximum Gasteiger partial charge on any atom is 0.338 e. The number of hydrogen-bond acceptors (Lipinski definition) is 7. The molecule has 0 saturated carbocycles. The van der Waals surface area contributed by atoms with Crippen LogP contribution in [0.25, 0.3) is 0 Å². The van der Waals surface area contributed by atoms with Crippen molar-refractivity contribution in [3.63, 3.8) is 0 Å². The van der Waals surface area contributed by atoms with Gasteiger partial charge in [0, 0.05) is 26.2 Å². The number of carbonyl (C=O) groups is 3. The van der Waals surface area contributed by atoms with E-state index in [2.05, 4.69) is 5.32 Å². The molecule has 2 saturated heterocycles. The smallest absolute Gasteiger partial charge is 0.338 e. The van der Waals surface area contributed by atoms with Crippen LogP contribution in [0, 0.1) is 12.8 Å². The Morgan fingerprint density at radius 1 is 1.09 bits per heavy atom. The average molecular weight is 496 g/mol. The summed E-state index contributed by atoms with van der Waals surface area (Å²) in [6, 6.07) is 5.88. The average Bonchev–Trinajstić information content (AvgIpc) is 3.60. The van der Waals surface area contributed by atoms with Crippen LogP contribution in [0.15, 0.2) is 29.2 Å². The fourth-order valence-electron chi connectivity index (χ4n) is 3.89. The summed E-state index contributed by atoms with van der Waals surface area (Å²) in [7, 11) is -3.64. The van der Waals surface area contributed by atoms with E-state index in [9.17, 15) is 22.8 Å². The molecule has 3 atom stereocenters.